The van der Waals surface area contributed by atoms with Crippen LogP contribution in [0.5, 0.6) is 5.75 Å². The first kappa shape index (κ1) is 32.1. The number of ether oxygens (including phenoxy) is 3. The summed E-state index contributed by atoms with van der Waals surface area (Å²) in [6, 6.07) is 8.47. The van der Waals surface area contributed by atoms with Crippen molar-refractivity contribution in [2.24, 2.45) is 0 Å². The number of amides is 1. The molecule has 0 unspecified atom stereocenters. The van der Waals surface area contributed by atoms with Crippen LogP contribution in [-0.4, -0.2) is 42.8 Å². The number of carbonyl (C=O) groups excluding carboxylic acids is 1. The van der Waals surface area contributed by atoms with Gasteiger partial charge in [-0.3, -0.25) is 0 Å². The summed E-state index contributed by atoms with van der Waals surface area (Å²) >= 11 is 7.63. The van der Waals surface area contributed by atoms with Crippen LogP contribution in [0.25, 0.3) is 0 Å². The van der Waals surface area contributed by atoms with Gasteiger partial charge >= 0.3 is 12.3 Å². The number of methoxy groups -OCH3 is 1. The van der Waals surface area contributed by atoms with Gasteiger partial charge in [0.25, 0.3) is 0 Å². The molecule has 2 rings (SSSR count). The molecule has 0 heterocycles. The molecule has 0 saturated carbocycles. The lowest BCUT2D eigenvalue weighted by Crippen LogP contribution is -2.53. The fourth-order valence-corrected chi connectivity index (χ4v) is 5.07. The maximum atomic E-state index is 13.3. The topological polar surface area (TPSA) is 77.0 Å². The van der Waals surface area contributed by atoms with Crippen molar-refractivity contribution in [3.05, 3.63) is 52.5 Å². The van der Waals surface area contributed by atoms with E-state index in [1.807, 2.05) is 6.92 Å². The molecule has 2 N–H and O–H groups in total. The fraction of sp³-hybridized carbons (Fsp3) is 0.519. The van der Waals surface area contributed by atoms with E-state index in [1.54, 1.807) is 39.0 Å². The molecule has 1 amide bonds. The highest BCUT2D eigenvalue weighted by Crippen LogP contribution is 2.41. The van der Waals surface area contributed by atoms with E-state index < -0.39 is 29.0 Å². The van der Waals surface area contributed by atoms with Crippen molar-refractivity contribution in [1.82, 2.24) is 5.32 Å². The minimum atomic E-state index is -4.50. The Morgan fingerprint density at radius 3 is 2.37 bits per heavy atom. The van der Waals surface area contributed by atoms with Crippen LogP contribution in [0.15, 0.2) is 46.2 Å². The molecule has 212 valence electrons. The predicted octanol–water partition coefficient (Wildman–Crippen LogP) is 7.48. The highest BCUT2D eigenvalue weighted by molar-refractivity contribution is 7.99. The summed E-state index contributed by atoms with van der Waals surface area (Å²) in [6.45, 7) is 6.86. The maximum absolute atomic E-state index is 13.3. The number of aliphatic hydroxyl groups excluding tert-OH is 1. The Kier molecular flexibility index (Phi) is 11.6. The number of hydrogen-bond acceptors (Lipinski definition) is 6. The van der Waals surface area contributed by atoms with Gasteiger partial charge in [-0.1, -0.05) is 42.8 Å². The van der Waals surface area contributed by atoms with Gasteiger partial charge in [-0.05, 0) is 75.9 Å². The second kappa shape index (κ2) is 13.8. The number of alkyl carbamates (subject to hydrolysis) is 1. The summed E-state index contributed by atoms with van der Waals surface area (Å²) in [5.74, 6) is 0.255. The van der Waals surface area contributed by atoms with Crippen molar-refractivity contribution in [2.45, 2.75) is 80.5 Å². The minimum Gasteiger partial charge on any atom is -0.466 e. The number of alkyl halides is 3. The maximum Gasteiger partial charge on any atom is 0.416 e. The second-order valence-electron chi connectivity index (χ2n) is 9.88. The first-order valence-electron chi connectivity index (χ1n) is 12.1. The molecule has 0 aromatic heterocycles. The van der Waals surface area contributed by atoms with Crippen molar-refractivity contribution in [3.63, 3.8) is 0 Å². The van der Waals surface area contributed by atoms with Crippen LogP contribution in [0.2, 0.25) is 5.02 Å². The van der Waals surface area contributed by atoms with Crippen molar-refractivity contribution in [3.8, 4) is 5.75 Å². The van der Waals surface area contributed by atoms with E-state index in [0.717, 1.165) is 35.9 Å². The molecule has 11 heteroatoms. The van der Waals surface area contributed by atoms with E-state index in [2.05, 4.69) is 5.32 Å². The van der Waals surface area contributed by atoms with E-state index in [1.165, 1.54) is 13.2 Å². The SMILES string of the molecule is CCC[C@@](CO)(CCc1ccc(Sc2cc(C(F)(F)F)ccc2OCOC)cc1Cl)NC(=O)OC(C)(C)C. The molecule has 2 aromatic carbocycles. The van der Waals surface area contributed by atoms with Gasteiger partial charge in [-0.2, -0.15) is 13.2 Å². The Hall–Kier alpha value is -2.14. The molecule has 0 bridgehead atoms. The smallest absolute Gasteiger partial charge is 0.416 e. The quantitative estimate of drug-likeness (QED) is 0.255. The molecule has 6 nitrogen and oxygen atoms in total. The van der Waals surface area contributed by atoms with E-state index in [9.17, 15) is 23.1 Å². The highest BCUT2D eigenvalue weighted by atomic mass is 35.5. The van der Waals surface area contributed by atoms with Crippen molar-refractivity contribution < 1.29 is 37.3 Å². The average Bonchev–Trinajstić information content (AvgIpc) is 2.80. The molecule has 38 heavy (non-hydrogen) atoms. The average molecular weight is 578 g/mol. The third kappa shape index (κ3) is 9.87. The van der Waals surface area contributed by atoms with Gasteiger partial charge in [-0.25, -0.2) is 4.79 Å². The van der Waals surface area contributed by atoms with Crippen LogP contribution in [-0.2, 0) is 22.1 Å². The lowest BCUT2D eigenvalue weighted by Gasteiger charge is -2.34. The van der Waals surface area contributed by atoms with E-state index in [0.29, 0.717) is 29.2 Å². The van der Waals surface area contributed by atoms with Crippen molar-refractivity contribution in [1.29, 1.82) is 0 Å². The van der Waals surface area contributed by atoms with Crippen LogP contribution < -0.4 is 10.1 Å². The van der Waals surface area contributed by atoms with Gasteiger partial charge in [0.1, 0.15) is 11.4 Å². The number of nitrogens with one attached hydrogen (secondary N) is 1. The molecule has 0 aliphatic rings. The molecule has 2 aromatic rings. The highest BCUT2D eigenvalue weighted by Gasteiger charge is 2.33. The summed E-state index contributed by atoms with van der Waals surface area (Å²) in [5.41, 5.74) is -1.58. The van der Waals surface area contributed by atoms with Crippen LogP contribution >= 0.6 is 23.4 Å². The summed E-state index contributed by atoms with van der Waals surface area (Å²) in [4.78, 5) is 13.3. The molecule has 0 saturated heterocycles. The lowest BCUT2D eigenvalue weighted by molar-refractivity contribution is -0.137. The summed E-state index contributed by atoms with van der Waals surface area (Å²) in [7, 11) is 1.42. The molecular formula is C27H35ClF3NO5S. The second-order valence-corrected chi connectivity index (χ2v) is 11.4. The molecule has 0 aliphatic carbocycles. The molecule has 0 fully saturated rings. The first-order valence-corrected chi connectivity index (χ1v) is 13.3. The predicted molar refractivity (Wildman–Crippen MR) is 142 cm³/mol. The summed E-state index contributed by atoms with van der Waals surface area (Å²) in [5, 5.41) is 13.4. The first-order chi connectivity index (χ1) is 17.7. The number of hydrogen-bond donors (Lipinski definition) is 2. The number of benzene rings is 2. The monoisotopic (exact) mass is 577 g/mol. The van der Waals surface area contributed by atoms with Crippen LogP contribution in [0.1, 0.15) is 58.1 Å². The Morgan fingerprint density at radius 2 is 1.82 bits per heavy atom. The van der Waals surface area contributed by atoms with Crippen LogP contribution in [0.4, 0.5) is 18.0 Å². The fourth-order valence-electron chi connectivity index (χ4n) is 3.75. The van der Waals surface area contributed by atoms with Crippen LogP contribution in [0, 0.1) is 0 Å². The standard InChI is InChI=1S/C27H35ClF3NO5S/c1-6-12-26(16-33,32-24(34)37-25(2,3)4)13-11-18-7-9-20(15-21(18)28)38-23-14-19(27(29,30)31)8-10-22(23)36-17-35-5/h7-10,14-15,33H,6,11-13,16-17H2,1-5H3,(H,32,34)/t26-/m0/s1. The summed E-state index contributed by atoms with van der Waals surface area (Å²) in [6.07, 6.45) is -2.98. The third-order valence-electron chi connectivity index (χ3n) is 5.53. The van der Waals surface area contributed by atoms with Crippen molar-refractivity contribution >= 4 is 29.5 Å². The number of carbonyl (C=O) groups is 1. The number of aryl methyl sites for hydroxylation is 1. The van der Waals surface area contributed by atoms with Gasteiger partial charge in [0.15, 0.2) is 6.79 Å². The zero-order valence-corrected chi connectivity index (χ0v) is 23.8. The van der Waals surface area contributed by atoms with Gasteiger partial charge in [0.05, 0.1) is 22.6 Å². The molecule has 1 atom stereocenters. The van der Waals surface area contributed by atoms with Gasteiger partial charge in [0.2, 0.25) is 0 Å². The third-order valence-corrected chi connectivity index (χ3v) is 6.91. The Balaban J connectivity index is 2.22. The Morgan fingerprint density at radius 1 is 1.11 bits per heavy atom. The molecule has 0 radical (unpaired) electrons. The van der Waals surface area contributed by atoms with Gasteiger partial charge < -0.3 is 24.6 Å². The Labute approximate surface area is 231 Å². The molecule has 0 aliphatic heterocycles. The summed E-state index contributed by atoms with van der Waals surface area (Å²) < 4.78 is 55.6. The normalized spacial score (nSPS) is 13.6. The Bertz CT molecular complexity index is 1080. The van der Waals surface area contributed by atoms with Gasteiger partial charge in [0, 0.05) is 17.0 Å². The molecular weight excluding hydrogens is 543 g/mol. The van der Waals surface area contributed by atoms with E-state index in [-0.39, 0.29) is 24.0 Å². The van der Waals surface area contributed by atoms with Gasteiger partial charge in [-0.15, -0.1) is 0 Å². The number of rotatable bonds is 12. The van der Waals surface area contributed by atoms with E-state index >= 15 is 0 Å². The largest absolute Gasteiger partial charge is 0.466 e. The van der Waals surface area contributed by atoms with Crippen LogP contribution in [0.3, 0.4) is 0 Å². The lowest BCUT2D eigenvalue weighted by atomic mass is 9.87. The zero-order chi connectivity index (χ0) is 28.6. The zero-order valence-electron chi connectivity index (χ0n) is 22.2. The number of aliphatic hydroxyl groups is 1. The molecule has 0 spiro atoms. The minimum absolute atomic E-state index is 0.111. The number of halogens is 4. The van der Waals surface area contributed by atoms with E-state index in [4.69, 9.17) is 25.8 Å². The van der Waals surface area contributed by atoms with Crippen molar-refractivity contribution in [2.75, 3.05) is 20.5 Å².